The second-order valence-corrected chi connectivity index (χ2v) is 2.50. The summed E-state index contributed by atoms with van der Waals surface area (Å²) in [5.74, 6) is 0. The maximum Gasteiger partial charge on any atom is 0.101 e. The van der Waals surface area contributed by atoms with E-state index >= 15 is 0 Å². The van der Waals surface area contributed by atoms with Crippen LogP contribution < -0.4 is 10.6 Å². The van der Waals surface area contributed by atoms with Gasteiger partial charge in [-0.1, -0.05) is 24.8 Å². The molecule has 0 aliphatic carbocycles. The van der Waals surface area contributed by atoms with Gasteiger partial charge in [-0.2, -0.15) is 5.26 Å². The zero-order chi connectivity index (χ0) is 9.68. The molecule has 0 bridgehead atoms. The Labute approximate surface area is 77.2 Å². The third-order valence-electron chi connectivity index (χ3n) is 1.65. The quantitative estimate of drug-likeness (QED) is 0.622. The van der Waals surface area contributed by atoms with Gasteiger partial charge >= 0.3 is 0 Å². The van der Waals surface area contributed by atoms with Crippen molar-refractivity contribution in [2.24, 2.45) is 0 Å². The van der Waals surface area contributed by atoms with Gasteiger partial charge in [-0.05, 0) is 13.0 Å². The van der Waals surface area contributed by atoms with Crippen LogP contribution in [-0.4, -0.2) is 4.98 Å². The molecule has 0 fully saturated rings. The fourth-order valence-electron chi connectivity index (χ4n) is 1.06. The van der Waals surface area contributed by atoms with E-state index < -0.39 is 0 Å². The standard InChI is InChI=1S/C11H10N2/c1-3-5-10-6-9(7-12)8-13-11(10)4-2/h3-6,8H,1H2,2H3/b10-5-,11-4+. The molecule has 1 rings (SSSR count). The molecule has 0 atom stereocenters. The molecule has 0 saturated carbocycles. The molecule has 0 aromatic carbocycles. The molecule has 0 amide bonds. The van der Waals surface area contributed by atoms with E-state index in [1.165, 1.54) is 0 Å². The molecule has 0 aliphatic heterocycles. The summed E-state index contributed by atoms with van der Waals surface area (Å²) in [4.78, 5) is 4.13. The van der Waals surface area contributed by atoms with Crippen molar-refractivity contribution in [3.8, 4) is 6.07 Å². The van der Waals surface area contributed by atoms with Gasteiger partial charge in [-0.15, -0.1) is 0 Å². The highest BCUT2D eigenvalue weighted by Gasteiger charge is 1.89. The van der Waals surface area contributed by atoms with Gasteiger partial charge < -0.3 is 0 Å². The fourth-order valence-corrected chi connectivity index (χ4v) is 1.06. The summed E-state index contributed by atoms with van der Waals surface area (Å²) in [6, 6.07) is 3.84. The first-order valence-corrected chi connectivity index (χ1v) is 3.97. The molecule has 0 N–H and O–H groups in total. The van der Waals surface area contributed by atoms with Crippen LogP contribution in [0.25, 0.3) is 12.2 Å². The zero-order valence-corrected chi connectivity index (χ0v) is 7.49. The summed E-state index contributed by atoms with van der Waals surface area (Å²) in [6.45, 7) is 5.52. The summed E-state index contributed by atoms with van der Waals surface area (Å²) in [7, 11) is 0. The van der Waals surface area contributed by atoms with Crippen LogP contribution in [0.5, 0.6) is 0 Å². The second-order valence-electron chi connectivity index (χ2n) is 2.50. The van der Waals surface area contributed by atoms with E-state index in [4.69, 9.17) is 5.26 Å². The first-order valence-electron chi connectivity index (χ1n) is 3.97. The molecule has 0 unspecified atom stereocenters. The summed E-state index contributed by atoms with van der Waals surface area (Å²) in [5, 5.41) is 10.5. The highest BCUT2D eigenvalue weighted by Crippen LogP contribution is 1.84. The Balaban J connectivity index is 3.56. The van der Waals surface area contributed by atoms with Crippen LogP contribution in [0.15, 0.2) is 24.9 Å². The van der Waals surface area contributed by atoms with E-state index in [2.05, 4.69) is 11.6 Å². The van der Waals surface area contributed by atoms with Gasteiger partial charge in [0.25, 0.3) is 0 Å². The summed E-state index contributed by atoms with van der Waals surface area (Å²) >= 11 is 0. The minimum Gasteiger partial charge on any atom is -0.255 e. The lowest BCUT2D eigenvalue weighted by atomic mass is 10.2. The minimum absolute atomic E-state index is 0.568. The molecule has 0 saturated heterocycles. The normalized spacial score (nSPS) is 12.6. The average Bonchev–Trinajstić information content (AvgIpc) is 2.18. The maximum atomic E-state index is 8.65. The van der Waals surface area contributed by atoms with Gasteiger partial charge in [-0.3, -0.25) is 4.98 Å². The molecule has 1 aromatic heterocycles. The van der Waals surface area contributed by atoms with Gasteiger partial charge in [0.1, 0.15) is 6.07 Å². The Morgan fingerprint density at radius 2 is 2.38 bits per heavy atom. The van der Waals surface area contributed by atoms with Gasteiger partial charge in [0.2, 0.25) is 0 Å². The third kappa shape index (κ3) is 2.03. The van der Waals surface area contributed by atoms with Crippen molar-refractivity contribution in [2.75, 3.05) is 0 Å². The highest BCUT2D eigenvalue weighted by atomic mass is 14.6. The Hall–Kier alpha value is -1.88. The van der Waals surface area contributed by atoms with Crippen LogP contribution in [0.4, 0.5) is 0 Å². The summed E-state index contributed by atoms with van der Waals surface area (Å²) < 4.78 is 0. The first kappa shape index (κ1) is 9.21. The highest BCUT2D eigenvalue weighted by molar-refractivity contribution is 5.39. The number of rotatable bonds is 1. The first-order chi connectivity index (χ1) is 6.31. The number of aromatic nitrogens is 1. The van der Waals surface area contributed by atoms with Gasteiger partial charge in [0.15, 0.2) is 0 Å². The molecule has 13 heavy (non-hydrogen) atoms. The Kier molecular flexibility index (Phi) is 2.99. The smallest absolute Gasteiger partial charge is 0.101 e. The molecule has 0 aliphatic rings. The molecule has 64 valence electrons. The van der Waals surface area contributed by atoms with Gasteiger partial charge in [0.05, 0.1) is 10.9 Å². The second kappa shape index (κ2) is 4.22. The van der Waals surface area contributed by atoms with E-state index in [9.17, 15) is 0 Å². The van der Waals surface area contributed by atoms with Crippen LogP contribution in [0.3, 0.4) is 0 Å². The molecule has 1 aromatic rings. The molecule has 1 heterocycles. The Morgan fingerprint density at radius 1 is 1.62 bits per heavy atom. The van der Waals surface area contributed by atoms with E-state index in [0.29, 0.717) is 5.56 Å². The van der Waals surface area contributed by atoms with E-state index in [-0.39, 0.29) is 0 Å². The fraction of sp³-hybridized carbons (Fsp3) is 0.0909. The Bertz CT molecular complexity index is 464. The predicted octanol–water partition coefficient (Wildman–Crippen LogP) is 0.720. The van der Waals surface area contributed by atoms with Crippen molar-refractivity contribution < 1.29 is 0 Å². The zero-order valence-electron chi connectivity index (χ0n) is 7.49. The van der Waals surface area contributed by atoms with Crippen LogP contribution in [0, 0.1) is 11.3 Å². The maximum absolute atomic E-state index is 8.65. The van der Waals surface area contributed by atoms with E-state index in [1.807, 2.05) is 25.1 Å². The molecule has 2 nitrogen and oxygen atoms in total. The SMILES string of the molecule is C=C/C=c1/cc(C#N)cn/c1=C/C. The number of pyridine rings is 1. The lowest BCUT2D eigenvalue weighted by Gasteiger charge is -1.89. The predicted molar refractivity (Wildman–Crippen MR) is 53.0 cm³/mol. The lowest BCUT2D eigenvalue weighted by molar-refractivity contribution is 1.20. The molecule has 0 radical (unpaired) electrons. The largest absolute Gasteiger partial charge is 0.255 e. The van der Waals surface area contributed by atoms with Crippen molar-refractivity contribution in [1.82, 2.24) is 4.98 Å². The number of hydrogen-bond donors (Lipinski definition) is 0. The monoisotopic (exact) mass is 170 g/mol. The van der Waals surface area contributed by atoms with Crippen molar-refractivity contribution >= 4 is 12.2 Å². The third-order valence-corrected chi connectivity index (χ3v) is 1.65. The molecular formula is C11H10N2. The molecular weight excluding hydrogens is 160 g/mol. The Morgan fingerprint density at radius 3 is 2.92 bits per heavy atom. The van der Waals surface area contributed by atoms with Crippen LogP contribution in [0.1, 0.15) is 12.5 Å². The molecule has 0 spiro atoms. The number of allylic oxidation sites excluding steroid dienone is 1. The van der Waals surface area contributed by atoms with Gasteiger partial charge in [0, 0.05) is 11.4 Å². The van der Waals surface area contributed by atoms with Crippen molar-refractivity contribution in [3.63, 3.8) is 0 Å². The van der Waals surface area contributed by atoms with Crippen LogP contribution in [-0.2, 0) is 0 Å². The van der Waals surface area contributed by atoms with Gasteiger partial charge in [-0.25, -0.2) is 0 Å². The van der Waals surface area contributed by atoms with Crippen molar-refractivity contribution in [3.05, 3.63) is 41.0 Å². The number of nitriles is 1. The summed E-state index contributed by atoms with van der Waals surface area (Å²) in [5.41, 5.74) is 0.568. The van der Waals surface area contributed by atoms with Crippen LogP contribution in [0.2, 0.25) is 0 Å². The van der Waals surface area contributed by atoms with Crippen molar-refractivity contribution in [2.45, 2.75) is 6.92 Å². The number of nitrogens with zero attached hydrogens (tertiary/aromatic N) is 2. The minimum atomic E-state index is 0.568. The lowest BCUT2D eigenvalue weighted by Crippen LogP contribution is -2.27. The summed E-state index contributed by atoms with van der Waals surface area (Å²) in [6.07, 6.45) is 6.99. The van der Waals surface area contributed by atoms with Crippen molar-refractivity contribution in [1.29, 1.82) is 5.26 Å². The van der Waals surface area contributed by atoms with E-state index in [0.717, 1.165) is 10.6 Å². The van der Waals surface area contributed by atoms with E-state index in [1.54, 1.807) is 18.3 Å². The molecule has 2 heteroatoms. The number of hydrogen-bond acceptors (Lipinski definition) is 2. The average molecular weight is 170 g/mol. The van der Waals surface area contributed by atoms with Crippen LogP contribution >= 0.6 is 0 Å². The topological polar surface area (TPSA) is 36.7 Å².